The zero-order valence-corrected chi connectivity index (χ0v) is 32.8. The molecule has 2 saturated heterocycles. The quantitative estimate of drug-likeness (QED) is 0.0924. The first-order valence-electron chi connectivity index (χ1n) is 14.5. The van der Waals surface area contributed by atoms with Crippen LogP contribution in [0, 0.1) is 0 Å². The van der Waals surface area contributed by atoms with Crippen molar-refractivity contribution in [2.24, 2.45) is 0 Å². The molecule has 2 aromatic rings. The third kappa shape index (κ3) is 12.8. The Balaban J connectivity index is 0.000000313. The molecule has 4 rings (SSSR count). The lowest BCUT2D eigenvalue weighted by Gasteiger charge is -2.34. The molecule has 0 aromatic carbocycles. The molecule has 4 heterocycles. The number of aromatic nitrogens is 4. The molecule has 5 unspecified atom stereocenters. The molecule has 0 radical (unpaired) electrons. The highest BCUT2D eigenvalue weighted by atomic mass is 31.3. The van der Waals surface area contributed by atoms with Crippen molar-refractivity contribution in [1.82, 2.24) is 19.1 Å². The topological polar surface area (TPSA) is 446 Å². The number of phosphoric acid groups is 5. The number of halogens is 4. The number of hydrogen-bond donors (Lipinski definition) is 4. The van der Waals surface area contributed by atoms with E-state index in [9.17, 15) is 84.7 Å². The number of nitrogen functional groups attached to an aromatic ring is 2. The van der Waals surface area contributed by atoms with Gasteiger partial charge in [-0.25, -0.2) is 22.5 Å². The van der Waals surface area contributed by atoms with E-state index in [1.54, 1.807) is 0 Å². The van der Waals surface area contributed by atoms with Crippen molar-refractivity contribution in [3.63, 3.8) is 0 Å². The van der Waals surface area contributed by atoms with Gasteiger partial charge in [-0.1, -0.05) is 0 Å². The maximum absolute atomic E-state index is 14.3. The molecule has 2 aromatic heterocycles. The van der Waals surface area contributed by atoms with E-state index in [0.717, 1.165) is 24.5 Å². The smallest absolute Gasteiger partial charge is 0.351 e. The summed E-state index contributed by atoms with van der Waals surface area (Å²) in [7, 11) is -27.2. The molecule has 2 fully saturated rings. The van der Waals surface area contributed by atoms with Crippen molar-refractivity contribution in [3.8, 4) is 0 Å². The largest absolute Gasteiger partial charge is 0.756 e. The lowest BCUT2D eigenvalue weighted by atomic mass is 10.1. The molecule has 0 saturated carbocycles. The van der Waals surface area contributed by atoms with Crippen LogP contribution in [0.2, 0.25) is 0 Å². The van der Waals surface area contributed by atoms with Crippen LogP contribution in [-0.2, 0) is 63.3 Å². The number of nitrogens with zero attached hydrogens (tertiary/aromatic N) is 4. The Morgan fingerprint density at radius 3 is 1.29 bits per heavy atom. The second kappa shape index (κ2) is 18.3. The van der Waals surface area contributed by atoms with Crippen LogP contribution in [0.5, 0.6) is 0 Å². The fraction of sp³-hybridized carbons (Fsp3) is 0.600. The predicted molar refractivity (Wildman–Crippen MR) is 163 cm³/mol. The van der Waals surface area contributed by atoms with Crippen molar-refractivity contribution >= 4 is 50.7 Å². The Morgan fingerprint density at radius 2 is 0.983 bits per heavy atom. The number of anilines is 2. The van der Waals surface area contributed by atoms with Gasteiger partial charge in [0.2, 0.25) is 12.5 Å². The molecule has 0 aliphatic carbocycles. The predicted octanol–water partition coefficient (Wildman–Crippen LogP) is -3.84. The normalized spacial score (nSPS) is 29.1. The monoisotopic (exact) mass is 949 g/mol. The minimum absolute atomic E-state index is 0.248. The summed E-state index contributed by atoms with van der Waals surface area (Å²) in [6, 6.07) is 1.99. The summed E-state index contributed by atoms with van der Waals surface area (Å²) in [4.78, 5) is 86.0. The molecule has 0 amide bonds. The molecule has 2 aliphatic heterocycles. The summed E-state index contributed by atoms with van der Waals surface area (Å²) < 4.78 is 149. The first-order valence-corrected chi connectivity index (χ1v) is 21.8. The van der Waals surface area contributed by atoms with E-state index in [1.165, 1.54) is 0 Å². The molecule has 38 heteroatoms. The number of rotatable bonds is 16. The molecule has 0 bridgehead atoms. The van der Waals surface area contributed by atoms with Crippen LogP contribution in [-0.4, -0.2) is 93.0 Å². The van der Waals surface area contributed by atoms with Crippen LogP contribution in [0.1, 0.15) is 12.5 Å². The number of hydrogen-bond acceptors (Lipinski definition) is 27. The number of ether oxygens (including phenoxy) is 2. The Bertz CT molecular complexity index is 2170. The Hall–Kier alpha value is -2.41. The maximum Gasteiger partial charge on any atom is 0.351 e. The Labute approximate surface area is 318 Å². The standard InChI is InChI=1S/C10H16F2N3O13P3.C10H15F2N3O10P2/c1-24-29(18,19)27-31(22,23)28-30(20,21)25-4-5-7(16)10(11,12)8(26-5)15-3-2-6(13)14-9(15)17;1-22-26(18,19)25-27(20,21)23-4-5-7(16)10(11,12)8(24-5)15-3-2-6(13)14-9(15)17/h2-3,5,7-8,16H,4H2,1H3,(H,18,19)(H,20,21)(H,22,23)(H2,13,14,17);2-3,5,7-8,16H,4H2,1H3,(H,18,19)(H,20,21)(H2,13,14,17)/p-5/t2*5-,7-,8-/m11/s1. The van der Waals surface area contributed by atoms with E-state index in [2.05, 4.69) is 41.0 Å². The van der Waals surface area contributed by atoms with E-state index in [1.807, 2.05) is 0 Å². The fourth-order valence-electron chi connectivity index (χ4n) is 4.25. The second-order valence-corrected chi connectivity index (χ2v) is 18.5. The van der Waals surface area contributed by atoms with Gasteiger partial charge in [0.1, 0.15) is 23.8 Å². The maximum atomic E-state index is 14.3. The molecule has 6 N–H and O–H groups in total. The van der Waals surface area contributed by atoms with Gasteiger partial charge < -0.3 is 73.7 Å². The summed E-state index contributed by atoms with van der Waals surface area (Å²) in [6.45, 7) is -2.67. The van der Waals surface area contributed by atoms with Crippen LogP contribution >= 0.6 is 39.1 Å². The van der Waals surface area contributed by atoms with Crippen molar-refractivity contribution in [2.75, 3.05) is 38.9 Å². The molecule has 0 spiro atoms. The summed E-state index contributed by atoms with van der Waals surface area (Å²) in [5, 5.41) is 19.4. The van der Waals surface area contributed by atoms with E-state index in [4.69, 9.17) is 20.9 Å². The highest BCUT2D eigenvalue weighted by Crippen LogP contribution is 2.63. The van der Waals surface area contributed by atoms with E-state index in [-0.39, 0.29) is 16.2 Å². The van der Waals surface area contributed by atoms with Crippen molar-refractivity contribution in [3.05, 3.63) is 45.5 Å². The van der Waals surface area contributed by atoms with Gasteiger partial charge in [0.15, 0.2) is 12.2 Å². The van der Waals surface area contributed by atoms with Gasteiger partial charge in [0.05, 0.1) is 13.2 Å². The van der Waals surface area contributed by atoms with E-state index >= 15 is 0 Å². The van der Waals surface area contributed by atoms with Gasteiger partial charge in [-0.3, -0.25) is 32.0 Å². The number of nitrogens with two attached hydrogens (primary N) is 2. The summed E-state index contributed by atoms with van der Waals surface area (Å²) >= 11 is 0. The summed E-state index contributed by atoms with van der Waals surface area (Å²) in [5.74, 6) is -8.76. The zero-order valence-electron chi connectivity index (χ0n) is 28.3. The number of aliphatic hydroxyl groups excluding tert-OH is 2. The Kier molecular flexibility index (Phi) is 15.7. The van der Waals surface area contributed by atoms with Gasteiger partial charge in [-0.05, 0) is 12.1 Å². The lowest BCUT2D eigenvalue weighted by Crippen LogP contribution is -2.42. The molecule has 29 nitrogen and oxygen atoms in total. The van der Waals surface area contributed by atoms with Gasteiger partial charge in [-0.15, -0.1) is 0 Å². The van der Waals surface area contributed by atoms with Gasteiger partial charge >= 0.3 is 23.2 Å². The second-order valence-electron chi connectivity index (χ2n) is 10.8. The van der Waals surface area contributed by atoms with Crippen LogP contribution in [0.25, 0.3) is 0 Å². The molecular weight excluding hydrogens is 923 g/mol. The Morgan fingerprint density at radius 1 is 0.672 bits per heavy atom. The zero-order chi connectivity index (χ0) is 44.4. The summed E-state index contributed by atoms with van der Waals surface area (Å²) in [5.41, 5.74) is 7.99. The minimum atomic E-state index is -6.09. The average Bonchev–Trinajstić information content (AvgIpc) is 3.43. The summed E-state index contributed by atoms with van der Waals surface area (Å²) in [6.07, 6.45) is -12.6. The first-order chi connectivity index (χ1) is 26.3. The van der Waals surface area contributed by atoms with Crippen molar-refractivity contribution in [2.45, 2.75) is 48.7 Å². The van der Waals surface area contributed by atoms with E-state index in [0.29, 0.717) is 18.8 Å². The van der Waals surface area contributed by atoms with Gasteiger partial charge in [-0.2, -0.15) is 27.5 Å². The van der Waals surface area contributed by atoms with Crippen LogP contribution in [0.4, 0.5) is 29.2 Å². The van der Waals surface area contributed by atoms with Crippen molar-refractivity contribution in [1.29, 1.82) is 0 Å². The third-order valence-electron chi connectivity index (χ3n) is 6.81. The minimum Gasteiger partial charge on any atom is -0.756 e. The first kappa shape index (κ1) is 49.9. The molecule has 2 aliphatic rings. The van der Waals surface area contributed by atoms with Gasteiger partial charge in [0.25, 0.3) is 39.1 Å². The molecule has 332 valence electrons. The van der Waals surface area contributed by atoms with Crippen molar-refractivity contribution < 1.29 is 116 Å². The third-order valence-corrected chi connectivity index (χ3v) is 13.4. The van der Waals surface area contributed by atoms with E-state index < -0.39 is 112 Å². The number of phosphoric ester groups is 4. The highest BCUT2D eigenvalue weighted by Gasteiger charge is 2.61. The van der Waals surface area contributed by atoms with Crippen LogP contribution < -0.4 is 47.3 Å². The molecular formula is C20H26F4N6O23P5-5. The number of aliphatic hydroxyl groups is 2. The average molecular weight is 949 g/mol. The number of alkyl halides is 4. The molecule has 58 heavy (non-hydrogen) atoms. The molecule has 11 atom stereocenters. The van der Waals surface area contributed by atoms with Gasteiger partial charge in [0, 0.05) is 26.6 Å². The lowest BCUT2D eigenvalue weighted by molar-refractivity contribution is -0.252. The fourth-order valence-corrected chi connectivity index (χ4v) is 9.14. The van der Waals surface area contributed by atoms with Crippen LogP contribution in [0.3, 0.4) is 0 Å². The SMILES string of the molecule is COP(=O)([O-])OP(=O)([O-])OC[C@H]1O[C@@H](n2ccc(N)nc2=O)C(F)(F)[C@@H]1O.COP(=O)([O-])OP(=O)([O-])OP(=O)([O-])OC[C@H]1O[C@@H](n2ccc(N)nc2=O)C(F)(F)[C@@H]1O. The van der Waals surface area contributed by atoms with Crippen LogP contribution in [0.15, 0.2) is 34.1 Å². The highest BCUT2D eigenvalue weighted by molar-refractivity contribution is 7.65.